The van der Waals surface area contributed by atoms with Crippen LogP contribution in [-0.2, 0) is 11.3 Å². The topological polar surface area (TPSA) is 75.7 Å². The number of rotatable bonds is 2. The van der Waals surface area contributed by atoms with Crippen molar-refractivity contribution in [2.24, 2.45) is 0 Å². The van der Waals surface area contributed by atoms with Crippen molar-refractivity contribution in [3.63, 3.8) is 0 Å². The highest BCUT2D eigenvalue weighted by Crippen LogP contribution is 2.30. The summed E-state index contributed by atoms with van der Waals surface area (Å²) in [5.41, 5.74) is 2.45. The second-order valence-corrected chi connectivity index (χ2v) is 5.15. The zero-order valence-electron chi connectivity index (χ0n) is 11.3. The van der Waals surface area contributed by atoms with Crippen molar-refractivity contribution in [2.45, 2.75) is 25.4 Å². The first kappa shape index (κ1) is 12.9. The van der Waals surface area contributed by atoms with Crippen LogP contribution in [0.15, 0.2) is 18.2 Å². The van der Waals surface area contributed by atoms with E-state index in [2.05, 4.69) is 5.32 Å². The van der Waals surface area contributed by atoms with Crippen molar-refractivity contribution in [1.29, 1.82) is 0 Å². The standard InChI is InChI=1S/C14H16N3O3/c1-15-10-4-5-11-9(7-10)8-16(13(11)18)12-3-2-6-17(20)14(12)19/h4-5,7,12,15H,2-3,6,8H2,1H3/q-1. The van der Waals surface area contributed by atoms with Crippen LogP contribution in [0.2, 0.25) is 0 Å². The number of hydrogen-bond acceptors (Lipinski definition) is 4. The van der Waals surface area contributed by atoms with E-state index in [-0.39, 0.29) is 12.5 Å². The SMILES string of the molecule is CNc1ccc2c(c1)CN(C1CCCN([O-])C1=O)C2=O. The quantitative estimate of drug-likeness (QED) is 0.878. The van der Waals surface area contributed by atoms with E-state index >= 15 is 0 Å². The van der Waals surface area contributed by atoms with Crippen LogP contribution in [0, 0.1) is 5.21 Å². The number of amides is 2. The molecule has 6 heteroatoms. The molecule has 20 heavy (non-hydrogen) atoms. The van der Waals surface area contributed by atoms with Gasteiger partial charge in [-0.3, -0.25) is 9.59 Å². The van der Waals surface area contributed by atoms with Crippen LogP contribution < -0.4 is 5.32 Å². The third-order valence-electron chi connectivity index (χ3n) is 3.97. The number of nitrogens with one attached hydrogen (secondary N) is 1. The molecule has 1 atom stereocenters. The molecule has 2 amide bonds. The minimum Gasteiger partial charge on any atom is -0.756 e. The summed E-state index contributed by atoms with van der Waals surface area (Å²) in [6.45, 7) is 0.627. The third kappa shape index (κ3) is 1.92. The van der Waals surface area contributed by atoms with Crippen molar-refractivity contribution in [1.82, 2.24) is 9.96 Å². The first-order valence-electron chi connectivity index (χ1n) is 6.72. The predicted octanol–water partition coefficient (Wildman–Crippen LogP) is 1.17. The molecule has 1 unspecified atom stereocenters. The smallest absolute Gasteiger partial charge is 0.255 e. The molecule has 2 aliphatic rings. The maximum Gasteiger partial charge on any atom is 0.255 e. The molecule has 1 aromatic carbocycles. The van der Waals surface area contributed by atoms with Gasteiger partial charge in [0, 0.05) is 31.4 Å². The number of benzene rings is 1. The highest BCUT2D eigenvalue weighted by molar-refractivity contribution is 6.01. The average molecular weight is 274 g/mol. The second kappa shape index (κ2) is 4.79. The van der Waals surface area contributed by atoms with Crippen LogP contribution in [-0.4, -0.2) is 41.4 Å². The molecule has 106 valence electrons. The number of anilines is 1. The number of hydrogen-bond donors (Lipinski definition) is 1. The fourth-order valence-electron chi connectivity index (χ4n) is 2.87. The normalized spacial score (nSPS) is 22.2. The van der Waals surface area contributed by atoms with Crippen LogP contribution in [0.3, 0.4) is 0 Å². The summed E-state index contributed by atoms with van der Waals surface area (Å²) in [4.78, 5) is 25.8. The Morgan fingerprint density at radius 3 is 2.90 bits per heavy atom. The van der Waals surface area contributed by atoms with Crippen LogP contribution in [0.5, 0.6) is 0 Å². The molecule has 1 saturated heterocycles. The highest BCUT2D eigenvalue weighted by Gasteiger charge is 2.37. The Labute approximate surface area is 116 Å². The summed E-state index contributed by atoms with van der Waals surface area (Å²) in [5.74, 6) is -0.650. The minimum atomic E-state index is -0.612. The molecule has 2 heterocycles. The van der Waals surface area contributed by atoms with Crippen LogP contribution >= 0.6 is 0 Å². The van der Waals surface area contributed by atoms with Gasteiger partial charge in [0.05, 0.1) is 0 Å². The fourth-order valence-corrected chi connectivity index (χ4v) is 2.87. The van der Waals surface area contributed by atoms with Gasteiger partial charge in [-0.2, -0.15) is 0 Å². The number of nitrogens with zero attached hydrogens (tertiary/aromatic N) is 2. The number of carbonyl (C=O) groups is 2. The maximum absolute atomic E-state index is 12.4. The van der Waals surface area contributed by atoms with E-state index in [0.29, 0.717) is 30.0 Å². The highest BCUT2D eigenvalue weighted by atomic mass is 16.5. The Bertz CT molecular complexity index is 573. The maximum atomic E-state index is 12.4. The summed E-state index contributed by atoms with van der Waals surface area (Å²) in [6, 6.07) is 4.91. The Morgan fingerprint density at radius 1 is 1.35 bits per heavy atom. The Morgan fingerprint density at radius 2 is 2.15 bits per heavy atom. The molecule has 0 aromatic heterocycles. The van der Waals surface area contributed by atoms with Crippen molar-refractivity contribution in [3.8, 4) is 0 Å². The van der Waals surface area contributed by atoms with E-state index in [1.54, 1.807) is 6.07 Å². The lowest BCUT2D eigenvalue weighted by molar-refractivity contribution is -0.136. The number of piperidine rings is 1. The Kier molecular flexibility index (Phi) is 3.10. The van der Waals surface area contributed by atoms with Crippen molar-refractivity contribution < 1.29 is 9.59 Å². The van der Waals surface area contributed by atoms with Gasteiger partial charge in [0.25, 0.3) is 5.91 Å². The first-order chi connectivity index (χ1) is 9.61. The van der Waals surface area contributed by atoms with Crippen molar-refractivity contribution in [3.05, 3.63) is 34.5 Å². The Hall–Kier alpha value is -2.08. The van der Waals surface area contributed by atoms with Crippen molar-refractivity contribution in [2.75, 3.05) is 18.9 Å². The molecule has 1 fully saturated rings. The fraction of sp³-hybridized carbons (Fsp3) is 0.429. The molecule has 3 rings (SSSR count). The zero-order valence-corrected chi connectivity index (χ0v) is 11.3. The summed E-state index contributed by atoms with van der Waals surface area (Å²) in [7, 11) is 1.82. The Balaban J connectivity index is 1.87. The summed E-state index contributed by atoms with van der Waals surface area (Å²) in [5, 5.41) is 15.0. The van der Waals surface area contributed by atoms with Gasteiger partial charge < -0.3 is 20.5 Å². The van der Waals surface area contributed by atoms with E-state index in [1.807, 2.05) is 19.2 Å². The van der Waals surface area contributed by atoms with E-state index in [1.165, 1.54) is 4.90 Å². The molecular formula is C14H16N3O3-. The molecule has 2 aliphatic heterocycles. The van der Waals surface area contributed by atoms with Crippen LogP contribution in [0.4, 0.5) is 5.69 Å². The van der Waals surface area contributed by atoms with Gasteiger partial charge in [-0.25, -0.2) is 0 Å². The summed E-state index contributed by atoms with van der Waals surface area (Å²) >= 11 is 0. The van der Waals surface area contributed by atoms with Crippen molar-refractivity contribution >= 4 is 17.5 Å². The van der Waals surface area contributed by atoms with Gasteiger partial charge >= 0.3 is 0 Å². The molecule has 0 spiro atoms. The largest absolute Gasteiger partial charge is 0.756 e. The molecule has 1 aromatic rings. The summed E-state index contributed by atoms with van der Waals surface area (Å²) in [6.07, 6.45) is 1.21. The zero-order chi connectivity index (χ0) is 14.3. The lowest BCUT2D eigenvalue weighted by atomic mass is 10.0. The lowest BCUT2D eigenvalue weighted by Gasteiger charge is -2.40. The predicted molar refractivity (Wildman–Crippen MR) is 74.0 cm³/mol. The molecule has 1 N–H and O–H groups in total. The monoisotopic (exact) mass is 274 g/mol. The van der Waals surface area contributed by atoms with Gasteiger partial charge in [-0.1, -0.05) is 0 Å². The number of hydroxylamine groups is 2. The summed E-state index contributed by atoms with van der Waals surface area (Å²) < 4.78 is 0. The number of carbonyl (C=O) groups excluding carboxylic acids is 2. The molecule has 0 bridgehead atoms. The molecule has 6 nitrogen and oxygen atoms in total. The average Bonchev–Trinajstić information content (AvgIpc) is 2.78. The first-order valence-corrected chi connectivity index (χ1v) is 6.72. The molecule has 0 aliphatic carbocycles. The van der Waals surface area contributed by atoms with Crippen LogP contribution in [0.25, 0.3) is 0 Å². The molecule has 0 saturated carbocycles. The van der Waals surface area contributed by atoms with E-state index in [9.17, 15) is 14.8 Å². The molecule has 0 radical (unpaired) electrons. The minimum absolute atomic E-state index is 0.156. The van der Waals surface area contributed by atoms with Gasteiger partial charge in [-0.15, -0.1) is 0 Å². The molecular weight excluding hydrogens is 258 g/mol. The van der Waals surface area contributed by atoms with Gasteiger partial charge in [0.15, 0.2) is 0 Å². The van der Waals surface area contributed by atoms with E-state index in [4.69, 9.17) is 0 Å². The third-order valence-corrected chi connectivity index (χ3v) is 3.97. The van der Waals surface area contributed by atoms with E-state index in [0.717, 1.165) is 11.3 Å². The number of fused-ring (bicyclic) bond motifs is 1. The lowest BCUT2D eigenvalue weighted by Crippen LogP contribution is -2.50. The van der Waals surface area contributed by atoms with Crippen LogP contribution in [0.1, 0.15) is 28.8 Å². The van der Waals surface area contributed by atoms with Gasteiger partial charge in [0.2, 0.25) is 5.91 Å². The van der Waals surface area contributed by atoms with Gasteiger partial charge in [0.1, 0.15) is 6.04 Å². The second-order valence-electron chi connectivity index (χ2n) is 5.15. The van der Waals surface area contributed by atoms with Gasteiger partial charge in [-0.05, 0) is 36.6 Å². The van der Waals surface area contributed by atoms with E-state index < -0.39 is 11.9 Å².